The molecule has 0 radical (unpaired) electrons. The first kappa shape index (κ1) is 28.8. The zero-order valence-corrected chi connectivity index (χ0v) is 22.9. The molecule has 1 saturated carbocycles. The van der Waals surface area contributed by atoms with Crippen molar-refractivity contribution in [2.24, 2.45) is 5.92 Å². The molecule has 0 aliphatic heterocycles. The Balaban J connectivity index is 2.96. The fourth-order valence-electron chi connectivity index (χ4n) is 4.28. The van der Waals surface area contributed by atoms with E-state index in [4.69, 9.17) is 0 Å². The van der Waals surface area contributed by atoms with Gasteiger partial charge in [0, 0.05) is 4.91 Å². The number of hydrogen-bond donors (Lipinski definition) is 0. The Bertz CT molecular complexity index is 716. The van der Waals surface area contributed by atoms with Gasteiger partial charge in [0.1, 0.15) is 0 Å². The van der Waals surface area contributed by atoms with E-state index in [1.807, 2.05) is 0 Å². The molecule has 0 amide bonds. The van der Waals surface area contributed by atoms with Gasteiger partial charge in [-0.15, -0.1) is 0 Å². The molecule has 0 aromatic heterocycles. The normalized spacial score (nSPS) is 16.2. The number of rotatable bonds is 14. The predicted octanol–water partition coefficient (Wildman–Crippen LogP) is 11.3. The van der Waals surface area contributed by atoms with Crippen LogP contribution in [0.2, 0.25) is 0 Å². The van der Waals surface area contributed by atoms with E-state index in [1.54, 1.807) is 17.3 Å². The average molecular weight is 455 g/mol. The van der Waals surface area contributed by atoms with Crippen molar-refractivity contribution in [2.45, 2.75) is 119 Å². The Morgan fingerprint density at radius 1 is 0.875 bits per heavy atom. The molecule has 0 unspecified atom stereocenters. The minimum Gasteiger partial charge on any atom is -0.0981 e. The summed E-state index contributed by atoms with van der Waals surface area (Å²) < 4.78 is 0. The molecule has 0 aromatic carbocycles. The molecule has 1 heteroatoms. The molecule has 1 rings (SSSR count). The second-order valence-electron chi connectivity index (χ2n) is 9.88. The van der Waals surface area contributed by atoms with E-state index in [-0.39, 0.29) is 0 Å². The van der Waals surface area contributed by atoms with E-state index in [0.29, 0.717) is 0 Å². The van der Waals surface area contributed by atoms with E-state index in [9.17, 15) is 0 Å². The SMILES string of the molecule is C=C(/C=C(\C)C(=C)S/C=C(C)/C(=C/C(CCC1CCCCC1)=C(C)C)CCCCC)CC. The first-order valence-electron chi connectivity index (χ1n) is 13.0. The van der Waals surface area contributed by atoms with Gasteiger partial charge in [0.05, 0.1) is 0 Å². The monoisotopic (exact) mass is 454 g/mol. The van der Waals surface area contributed by atoms with Gasteiger partial charge >= 0.3 is 0 Å². The summed E-state index contributed by atoms with van der Waals surface area (Å²) in [6, 6.07) is 0. The topological polar surface area (TPSA) is 0 Å². The summed E-state index contributed by atoms with van der Waals surface area (Å²) in [5, 5.41) is 2.32. The smallest absolute Gasteiger partial charge is 0.00733 e. The van der Waals surface area contributed by atoms with Crippen LogP contribution in [0.3, 0.4) is 0 Å². The third kappa shape index (κ3) is 11.6. The van der Waals surface area contributed by atoms with Crippen molar-refractivity contribution >= 4 is 11.8 Å². The van der Waals surface area contributed by atoms with Crippen LogP contribution in [0.15, 0.2) is 69.1 Å². The maximum Gasteiger partial charge on any atom is 0.00733 e. The summed E-state index contributed by atoms with van der Waals surface area (Å²) in [6.45, 7) is 21.9. The lowest BCUT2D eigenvalue weighted by Gasteiger charge is -2.22. The number of hydrogen-bond acceptors (Lipinski definition) is 1. The molecule has 0 atom stereocenters. The van der Waals surface area contributed by atoms with Crippen LogP contribution in [0.4, 0.5) is 0 Å². The van der Waals surface area contributed by atoms with Crippen LogP contribution in [-0.2, 0) is 0 Å². The highest BCUT2D eigenvalue weighted by Gasteiger charge is 2.14. The standard InChI is InChI=1S/C31H50S/c1-9-11-13-18-31(27(7)23-32-28(8)26(6)21-25(5)10-2)22-30(24(3)4)20-19-29-16-14-12-15-17-29/h21-23,29H,5,8-20H2,1-4,6-7H3/b26-21+,27-23+,31-22+. The lowest BCUT2D eigenvalue weighted by Crippen LogP contribution is -2.06. The Hall–Kier alpha value is -1.21. The summed E-state index contributed by atoms with van der Waals surface area (Å²) in [5.41, 5.74) is 8.34. The zero-order valence-electron chi connectivity index (χ0n) is 22.1. The second-order valence-corrected chi connectivity index (χ2v) is 10.8. The lowest BCUT2D eigenvalue weighted by atomic mass is 9.84. The van der Waals surface area contributed by atoms with Gasteiger partial charge in [0.15, 0.2) is 0 Å². The first-order chi connectivity index (χ1) is 15.3. The van der Waals surface area contributed by atoms with Gasteiger partial charge in [0.25, 0.3) is 0 Å². The number of unbranched alkanes of at least 4 members (excludes halogenated alkanes) is 2. The Kier molecular flexibility index (Phi) is 14.8. The fraction of sp³-hybridized carbons (Fsp3) is 0.613. The molecular formula is C31H50S. The fourth-order valence-corrected chi connectivity index (χ4v) is 4.99. The van der Waals surface area contributed by atoms with Gasteiger partial charge in [-0.05, 0) is 93.4 Å². The van der Waals surface area contributed by atoms with E-state index in [0.717, 1.165) is 22.8 Å². The molecule has 0 bridgehead atoms. The van der Waals surface area contributed by atoms with Gasteiger partial charge in [-0.2, -0.15) is 0 Å². The number of allylic oxidation sites excluding steroid dienone is 8. The van der Waals surface area contributed by atoms with Gasteiger partial charge in [0.2, 0.25) is 0 Å². The molecule has 0 saturated heterocycles. The second kappa shape index (κ2) is 16.4. The molecule has 1 fully saturated rings. The van der Waals surface area contributed by atoms with Crippen LogP contribution < -0.4 is 0 Å². The summed E-state index contributed by atoms with van der Waals surface area (Å²) in [4.78, 5) is 1.12. The van der Waals surface area contributed by atoms with Crippen molar-refractivity contribution in [1.29, 1.82) is 0 Å². The Morgan fingerprint density at radius 3 is 2.16 bits per heavy atom. The van der Waals surface area contributed by atoms with E-state index >= 15 is 0 Å². The van der Waals surface area contributed by atoms with Crippen molar-refractivity contribution < 1.29 is 0 Å². The van der Waals surface area contributed by atoms with Crippen molar-refractivity contribution in [3.63, 3.8) is 0 Å². The van der Waals surface area contributed by atoms with Crippen LogP contribution in [-0.4, -0.2) is 0 Å². The highest BCUT2D eigenvalue weighted by Crippen LogP contribution is 2.32. The van der Waals surface area contributed by atoms with E-state index in [2.05, 4.69) is 72.3 Å². The van der Waals surface area contributed by atoms with Gasteiger partial charge in [-0.1, -0.05) is 107 Å². The van der Waals surface area contributed by atoms with Gasteiger partial charge in [-0.25, -0.2) is 0 Å². The molecule has 0 N–H and O–H groups in total. The minimum atomic E-state index is 0.943. The van der Waals surface area contributed by atoms with Crippen molar-refractivity contribution in [2.75, 3.05) is 0 Å². The van der Waals surface area contributed by atoms with Crippen molar-refractivity contribution in [3.05, 3.63) is 69.1 Å². The molecule has 1 aliphatic rings. The van der Waals surface area contributed by atoms with Crippen LogP contribution in [0.1, 0.15) is 119 Å². The highest BCUT2D eigenvalue weighted by molar-refractivity contribution is 8.06. The molecule has 0 spiro atoms. The molecule has 0 aromatic rings. The number of thioether (sulfide) groups is 1. The summed E-state index contributed by atoms with van der Waals surface area (Å²) in [7, 11) is 0. The van der Waals surface area contributed by atoms with E-state index < -0.39 is 0 Å². The Labute approximate surface area is 205 Å². The van der Waals surface area contributed by atoms with Crippen molar-refractivity contribution in [3.8, 4) is 0 Å². The minimum absolute atomic E-state index is 0.943. The summed E-state index contributed by atoms with van der Waals surface area (Å²) in [6.07, 6.45) is 20.5. The van der Waals surface area contributed by atoms with Crippen molar-refractivity contribution in [1.82, 2.24) is 0 Å². The molecule has 32 heavy (non-hydrogen) atoms. The molecule has 0 nitrogen and oxygen atoms in total. The third-order valence-corrected chi connectivity index (χ3v) is 7.86. The zero-order chi connectivity index (χ0) is 23.9. The molecule has 0 heterocycles. The van der Waals surface area contributed by atoms with Crippen LogP contribution in [0.5, 0.6) is 0 Å². The molecular weight excluding hydrogens is 404 g/mol. The summed E-state index contributed by atoms with van der Waals surface area (Å²) in [5.74, 6) is 0.943. The van der Waals surface area contributed by atoms with Crippen LogP contribution in [0, 0.1) is 5.92 Å². The predicted molar refractivity (Wildman–Crippen MR) is 150 cm³/mol. The maximum atomic E-state index is 4.30. The highest BCUT2D eigenvalue weighted by atomic mass is 32.2. The first-order valence-corrected chi connectivity index (χ1v) is 13.9. The van der Waals surface area contributed by atoms with E-state index in [1.165, 1.54) is 92.9 Å². The molecule has 180 valence electrons. The quantitative estimate of drug-likeness (QED) is 0.186. The molecule has 1 aliphatic carbocycles. The largest absolute Gasteiger partial charge is 0.0981 e. The van der Waals surface area contributed by atoms with Crippen LogP contribution in [0.25, 0.3) is 0 Å². The van der Waals surface area contributed by atoms with Gasteiger partial charge < -0.3 is 0 Å². The third-order valence-electron chi connectivity index (χ3n) is 6.79. The Morgan fingerprint density at radius 2 is 1.56 bits per heavy atom. The van der Waals surface area contributed by atoms with Crippen LogP contribution >= 0.6 is 11.8 Å². The lowest BCUT2D eigenvalue weighted by molar-refractivity contribution is 0.339. The van der Waals surface area contributed by atoms with Gasteiger partial charge in [-0.3, -0.25) is 0 Å². The summed E-state index contributed by atoms with van der Waals surface area (Å²) >= 11 is 1.76. The maximum absolute atomic E-state index is 4.30. The average Bonchev–Trinajstić information content (AvgIpc) is 2.79.